The fourth-order valence-corrected chi connectivity index (χ4v) is 3.85. The second-order valence-electron chi connectivity index (χ2n) is 8.14. The molecule has 1 atom stereocenters. The van der Waals surface area contributed by atoms with Crippen LogP contribution in [0.2, 0.25) is 0 Å². The van der Waals surface area contributed by atoms with Crippen LogP contribution in [0.4, 0.5) is 0 Å². The van der Waals surface area contributed by atoms with Gasteiger partial charge in [-0.25, -0.2) is 0 Å². The minimum absolute atomic E-state index is 0. The standard InChI is InChI=1S/C23H37N3O3.HI/c1-18-8-9-20(22(14-18)29-17-19-10-13-27-16-19)15-26-23(24-2)25-11-5-12-28-21-6-3-4-7-21;/h8-9,14,19,21H,3-7,10-13,15-17H2,1-2H3,(H2,24,25,26);1H. The molecule has 30 heavy (non-hydrogen) atoms. The predicted molar refractivity (Wildman–Crippen MR) is 132 cm³/mol. The molecule has 1 heterocycles. The summed E-state index contributed by atoms with van der Waals surface area (Å²) in [6.45, 7) is 6.81. The number of nitrogens with zero attached hydrogens (tertiary/aromatic N) is 1. The molecule has 170 valence electrons. The fraction of sp³-hybridized carbons (Fsp3) is 0.696. The number of hydrogen-bond donors (Lipinski definition) is 2. The van der Waals surface area contributed by atoms with Gasteiger partial charge in [0.1, 0.15) is 5.75 Å². The molecule has 0 aromatic heterocycles. The Bertz CT molecular complexity index is 645. The second kappa shape index (κ2) is 14.1. The van der Waals surface area contributed by atoms with Crippen molar-refractivity contribution in [1.29, 1.82) is 0 Å². The molecule has 1 aromatic carbocycles. The van der Waals surface area contributed by atoms with Crippen molar-refractivity contribution in [1.82, 2.24) is 10.6 Å². The lowest BCUT2D eigenvalue weighted by atomic mass is 10.1. The summed E-state index contributed by atoms with van der Waals surface area (Å²) in [5, 5.41) is 6.77. The molecule has 2 fully saturated rings. The molecule has 0 amide bonds. The van der Waals surface area contributed by atoms with E-state index in [0.717, 1.165) is 56.5 Å². The highest BCUT2D eigenvalue weighted by Crippen LogP contribution is 2.23. The van der Waals surface area contributed by atoms with Gasteiger partial charge >= 0.3 is 0 Å². The number of ether oxygens (including phenoxy) is 3. The Kier molecular flexibility index (Phi) is 11.8. The summed E-state index contributed by atoms with van der Waals surface area (Å²) >= 11 is 0. The smallest absolute Gasteiger partial charge is 0.191 e. The maximum absolute atomic E-state index is 6.13. The Balaban J connectivity index is 0.00000320. The number of halogens is 1. The van der Waals surface area contributed by atoms with Crippen molar-refractivity contribution in [2.75, 3.05) is 40.0 Å². The van der Waals surface area contributed by atoms with E-state index in [2.05, 4.69) is 40.7 Å². The maximum Gasteiger partial charge on any atom is 0.191 e. The largest absolute Gasteiger partial charge is 0.493 e. The summed E-state index contributed by atoms with van der Waals surface area (Å²) in [7, 11) is 1.80. The first kappa shape index (κ1) is 25.2. The van der Waals surface area contributed by atoms with E-state index >= 15 is 0 Å². The molecule has 1 aromatic rings. The van der Waals surface area contributed by atoms with Crippen LogP contribution in [0, 0.1) is 12.8 Å². The summed E-state index contributed by atoms with van der Waals surface area (Å²) < 4.78 is 17.5. The van der Waals surface area contributed by atoms with Crippen LogP contribution >= 0.6 is 24.0 Å². The van der Waals surface area contributed by atoms with E-state index in [9.17, 15) is 0 Å². The Morgan fingerprint density at radius 1 is 1.20 bits per heavy atom. The first-order valence-electron chi connectivity index (χ1n) is 11.1. The maximum atomic E-state index is 6.13. The van der Waals surface area contributed by atoms with E-state index in [4.69, 9.17) is 14.2 Å². The molecule has 3 rings (SSSR count). The van der Waals surface area contributed by atoms with Crippen LogP contribution in [-0.4, -0.2) is 52.1 Å². The monoisotopic (exact) mass is 531 g/mol. The van der Waals surface area contributed by atoms with Crippen LogP contribution in [0.1, 0.15) is 49.7 Å². The van der Waals surface area contributed by atoms with Crippen LogP contribution in [0.5, 0.6) is 5.75 Å². The molecule has 1 aliphatic heterocycles. The molecule has 1 saturated heterocycles. The third-order valence-electron chi connectivity index (χ3n) is 5.66. The zero-order chi connectivity index (χ0) is 20.3. The van der Waals surface area contributed by atoms with E-state index in [0.29, 0.717) is 25.2 Å². The van der Waals surface area contributed by atoms with Gasteiger partial charge in [0.05, 0.1) is 19.3 Å². The quantitative estimate of drug-likeness (QED) is 0.207. The van der Waals surface area contributed by atoms with Gasteiger partial charge in [-0.1, -0.05) is 25.0 Å². The molecule has 0 radical (unpaired) electrons. The zero-order valence-corrected chi connectivity index (χ0v) is 20.8. The number of aliphatic imine (C=N–C) groups is 1. The molecule has 1 aliphatic carbocycles. The molecule has 7 heteroatoms. The molecule has 1 saturated carbocycles. The summed E-state index contributed by atoms with van der Waals surface area (Å²) in [4.78, 5) is 4.33. The van der Waals surface area contributed by atoms with Crippen LogP contribution < -0.4 is 15.4 Å². The first-order valence-corrected chi connectivity index (χ1v) is 11.1. The zero-order valence-electron chi connectivity index (χ0n) is 18.5. The van der Waals surface area contributed by atoms with Crippen molar-refractivity contribution < 1.29 is 14.2 Å². The molecular formula is C23H38IN3O3. The minimum atomic E-state index is 0. The first-order chi connectivity index (χ1) is 14.2. The Labute approximate surface area is 198 Å². The Morgan fingerprint density at radius 3 is 2.77 bits per heavy atom. The van der Waals surface area contributed by atoms with E-state index in [1.165, 1.54) is 31.2 Å². The van der Waals surface area contributed by atoms with Gasteiger partial charge in [-0.05, 0) is 44.2 Å². The second-order valence-corrected chi connectivity index (χ2v) is 8.14. The van der Waals surface area contributed by atoms with Gasteiger partial charge in [0.25, 0.3) is 0 Å². The van der Waals surface area contributed by atoms with Crippen LogP contribution in [0.15, 0.2) is 23.2 Å². The number of nitrogens with one attached hydrogen (secondary N) is 2. The van der Waals surface area contributed by atoms with Gasteiger partial charge in [-0.15, -0.1) is 24.0 Å². The van der Waals surface area contributed by atoms with Crippen molar-refractivity contribution in [3.8, 4) is 5.75 Å². The Morgan fingerprint density at radius 2 is 2.03 bits per heavy atom. The van der Waals surface area contributed by atoms with Gasteiger partial charge < -0.3 is 24.8 Å². The van der Waals surface area contributed by atoms with Crippen molar-refractivity contribution in [3.63, 3.8) is 0 Å². The van der Waals surface area contributed by atoms with Crippen LogP contribution in [-0.2, 0) is 16.0 Å². The van der Waals surface area contributed by atoms with Gasteiger partial charge in [-0.2, -0.15) is 0 Å². The predicted octanol–water partition coefficient (Wildman–Crippen LogP) is 4.04. The molecule has 6 nitrogen and oxygen atoms in total. The summed E-state index contributed by atoms with van der Waals surface area (Å²) in [6.07, 6.45) is 7.65. The number of rotatable bonds is 10. The lowest BCUT2D eigenvalue weighted by Gasteiger charge is -2.17. The average molecular weight is 531 g/mol. The summed E-state index contributed by atoms with van der Waals surface area (Å²) in [6, 6.07) is 6.37. The molecule has 0 spiro atoms. The number of benzene rings is 1. The summed E-state index contributed by atoms with van der Waals surface area (Å²) in [5.41, 5.74) is 2.35. The van der Waals surface area contributed by atoms with Gasteiger partial charge in [0.15, 0.2) is 5.96 Å². The van der Waals surface area contributed by atoms with Crippen LogP contribution in [0.25, 0.3) is 0 Å². The van der Waals surface area contributed by atoms with Gasteiger partial charge in [0, 0.05) is 44.8 Å². The minimum Gasteiger partial charge on any atom is -0.493 e. The van der Waals surface area contributed by atoms with Gasteiger partial charge in [0.2, 0.25) is 0 Å². The third kappa shape index (κ3) is 8.59. The highest BCUT2D eigenvalue weighted by Gasteiger charge is 2.17. The van der Waals surface area contributed by atoms with Crippen molar-refractivity contribution in [3.05, 3.63) is 29.3 Å². The third-order valence-corrected chi connectivity index (χ3v) is 5.66. The van der Waals surface area contributed by atoms with Crippen molar-refractivity contribution in [2.24, 2.45) is 10.9 Å². The average Bonchev–Trinajstić information content (AvgIpc) is 3.43. The van der Waals surface area contributed by atoms with E-state index in [1.807, 2.05) is 0 Å². The highest BCUT2D eigenvalue weighted by atomic mass is 127. The molecular weight excluding hydrogens is 493 g/mol. The number of guanidine groups is 1. The van der Waals surface area contributed by atoms with E-state index in [1.54, 1.807) is 7.05 Å². The summed E-state index contributed by atoms with van der Waals surface area (Å²) in [5.74, 6) is 2.25. The SMILES string of the molecule is CN=C(NCCCOC1CCCC1)NCc1ccc(C)cc1OCC1CCOC1.I. The Hall–Kier alpha value is -1.06. The molecule has 2 N–H and O–H groups in total. The number of aryl methyl sites for hydroxylation is 1. The van der Waals surface area contributed by atoms with Crippen molar-refractivity contribution >= 4 is 29.9 Å². The molecule has 0 bridgehead atoms. The molecule has 2 aliphatic rings. The molecule has 1 unspecified atom stereocenters. The van der Waals surface area contributed by atoms with Crippen LogP contribution in [0.3, 0.4) is 0 Å². The number of hydrogen-bond acceptors (Lipinski definition) is 4. The van der Waals surface area contributed by atoms with Crippen molar-refractivity contribution in [2.45, 2.75) is 58.1 Å². The lowest BCUT2D eigenvalue weighted by molar-refractivity contribution is 0.0574. The highest BCUT2D eigenvalue weighted by molar-refractivity contribution is 14.0. The topological polar surface area (TPSA) is 64.1 Å². The van der Waals surface area contributed by atoms with Gasteiger partial charge in [-0.3, -0.25) is 4.99 Å². The fourth-order valence-electron chi connectivity index (χ4n) is 3.85. The van der Waals surface area contributed by atoms with E-state index < -0.39 is 0 Å². The lowest BCUT2D eigenvalue weighted by Crippen LogP contribution is -2.37. The van der Waals surface area contributed by atoms with E-state index in [-0.39, 0.29) is 24.0 Å². The normalized spacial score (nSPS) is 19.5.